The van der Waals surface area contributed by atoms with Gasteiger partial charge in [-0.2, -0.15) is 26.3 Å². The fourth-order valence-corrected chi connectivity index (χ4v) is 3.20. The second kappa shape index (κ2) is 9.49. The zero-order chi connectivity index (χ0) is 25.3. The molecule has 0 amide bonds. The standard InChI is InChI=1S/C23H19F6N3O2/c1-12-3-4-18(30-9-12)14-6-15(8-16(7-14)20(34)22(24,25)26)19(33)5-13(2)17-10-31-21(32-11-17)23(27,28)29/h3-4,6-11,13,20,34H,5H2,1-2H3/t13-,20?/m0/s1. The number of pyridine rings is 1. The summed E-state index contributed by atoms with van der Waals surface area (Å²) in [7, 11) is 0. The van der Waals surface area contributed by atoms with Gasteiger partial charge in [0, 0.05) is 36.1 Å². The number of carbonyl (C=O) groups is 1. The normalized spacial score (nSPS) is 14.0. The summed E-state index contributed by atoms with van der Waals surface area (Å²) < 4.78 is 77.4. The van der Waals surface area contributed by atoms with Gasteiger partial charge in [-0.1, -0.05) is 13.0 Å². The molecule has 0 spiro atoms. The molecule has 1 aromatic carbocycles. The average molecular weight is 483 g/mol. The Kier molecular flexibility index (Phi) is 7.06. The molecule has 180 valence electrons. The van der Waals surface area contributed by atoms with Crippen LogP contribution in [0.4, 0.5) is 26.3 Å². The molecule has 2 aromatic heterocycles. The minimum Gasteiger partial charge on any atom is -0.379 e. The second-order valence-corrected chi connectivity index (χ2v) is 7.87. The maximum atomic E-state index is 13.2. The first kappa shape index (κ1) is 25.3. The molecule has 3 aromatic rings. The highest BCUT2D eigenvalue weighted by molar-refractivity contribution is 5.97. The van der Waals surface area contributed by atoms with E-state index in [9.17, 15) is 36.2 Å². The van der Waals surface area contributed by atoms with Crippen LogP contribution in [0.1, 0.15) is 58.2 Å². The number of Topliss-reactive ketones (excluding diaryl/α,β-unsaturated/α-hetero) is 1. The van der Waals surface area contributed by atoms with Crippen LogP contribution in [-0.2, 0) is 6.18 Å². The van der Waals surface area contributed by atoms with Gasteiger partial charge in [-0.3, -0.25) is 9.78 Å². The van der Waals surface area contributed by atoms with Crippen LogP contribution in [0.3, 0.4) is 0 Å². The molecule has 0 aliphatic carbocycles. The third-order valence-electron chi connectivity index (χ3n) is 5.10. The highest BCUT2D eigenvalue weighted by Gasteiger charge is 2.40. The lowest BCUT2D eigenvalue weighted by atomic mass is 9.92. The Labute approximate surface area is 190 Å². The summed E-state index contributed by atoms with van der Waals surface area (Å²) in [6.45, 7) is 3.34. The number of rotatable bonds is 6. The van der Waals surface area contributed by atoms with E-state index in [4.69, 9.17) is 0 Å². The van der Waals surface area contributed by atoms with Gasteiger partial charge in [-0.15, -0.1) is 0 Å². The van der Waals surface area contributed by atoms with Gasteiger partial charge in [0.2, 0.25) is 5.82 Å². The summed E-state index contributed by atoms with van der Waals surface area (Å²) in [6, 6.07) is 6.70. The van der Waals surface area contributed by atoms with E-state index in [0.29, 0.717) is 5.69 Å². The van der Waals surface area contributed by atoms with Gasteiger partial charge >= 0.3 is 12.4 Å². The van der Waals surface area contributed by atoms with Crippen molar-refractivity contribution in [1.82, 2.24) is 15.0 Å². The zero-order valence-corrected chi connectivity index (χ0v) is 17.9. The molecule has 0 saturated heterocycles. The number of halogens is 6. The van der Waals surface area contributed by atoms with E-state index in [1.807, 2.05) is 0 Å². The minimum atomic E-state index is -4.95. The molecule has 1 N–H and O–H groups in total. The van der Waals surface area contributed by atoms with Crippen molar-refractivity contribution in [2.75, 3.05) is 0 Å². The molecule has 11 heteroatoms. The number of alkyl halides is 6. The van der Waals surface area contributed by atoms with E-state index < -0.39 is 41.5 Å². The van der Waals surface area contributed by atoms with E-state index in [1.54, 1.807) is 26.0 Å². The Morgan fingerprint density at radius 2 is 1.59 bits per heavy atom. The smallest absolute Gasteiger partial charge is 0.379 e. The molecule has 1 unspecified atom stereocenters. The summed E-state index contributed by atoms with van der Waals surface area (Å²) in [5.41, 5.74) is 0.959. The number of carbonyl (C=O) groups excluding carboxylic acids is 1. The number of aryl methyl sites for hydroxylation is 1. The zero-order valence-electron chi connectivity index (χ0n) is 17.9. The molecule has 2 heterocycles. The van der Waals surface area contributed by atoms with Gasteiger partial charge in [0.1, 0.15) is 0 Å². The van der Waals surface area contributed by atoms with Crippen LogP contribution in [-0.4, -0.2) is 32.0 Å². The Hall–Kier alpha value is -3.34. The quantitative estimate of drug-likeness (QED) is 0.352. The van der Waals surface area contributed by atoms with E-state index in [0.717, 1.165) is 30.1 Å². The van der Waals surface area contributed by atoms with Crippen molar-refractivity contribution in [1.29, 1.82) is 0 Å². The first-order valence-corrected chi connectivity index (χ1v) is 10.0. The van der Waals surface area contributed by atoms with E-state index >= 15 is 0 Å². The van der Waals surface area contributed by atoms with Crippen molar-refractivity contribution in [3.05, 3.63) is 77.0 Å². The minimum absolute atomic E-state index is 0.0992. The molecule has 0 bridgehead atoms. The molecule has 0 saturated carbocycles. The van der Waals surface area contributed by atoms with E-state index in [1.165, 1.54) is 12.3 Å². The Morgan fingerprint density at radius 1 is 0.941 bits per heavy atom. The maximum Gasteiger partial charge on any atom is 0.451 e. The van der Waals surface area contributed by atoms with Crippen LogP contribution < -0.4 is 0 Å². The van der Waals surface area contributed by atoms with E-state index in [2.05, 4.69) is 15.0 Å². The van der Waals surface area contributed by atoms with Crippen molar-refractivity contribution in [2.45, 2.75) is 44.6 Å². The molecule has 0 aliphatic rings. The second-order valence-electron chi connectivity index (χ2n) is 7.87. The average Bonchev–Trinajstić information content (AvgIpc) is 2.77. The molecule has 34 heavy (non-hydrogen) atoms. The Morgan fingerprint density at radius 3 is 2.12 bits per heavy atom. The number of benzene rings is 1. The molecular formula is C23H19F6N3O2. The Balaban J connectivity index is 1.93. The number of hydrogen-bond acceptors (Lipinski definition) is 5. The highest BCUT2D eigenvalue weighted by Crippen LogP contribution is 2.35. The summed E-state index contributed by atoms with van der Waals surface area (Å²) >= 11 is 0. The van der Waals surface area contributed by atoms with Crippen LogP contribution in [0, 0.1) is 6.92 Å². The fourth-order valence-electron chi connectivity index (χ4n) is 3.20. The SMILES string of the molecule is Cc1ccc(-c2cc(C(=O)C[C@H](C)c3cnc(C(F)(F)F)nc3)cc(C(O)C(F)(F)F)c2)nc1. The Bertz CT molecular complexity index is 1160. The molecule has 5 nitrogen and oxygen atoms in total. The van der Waals surface area contributed by atoms with Crippen molar-refractivity contribution >= 4 is 5.78 Å². The predicted octanol–water partition coefficient (Wildman–Crippen LogP) is 5.84. The van der Waals surface area contributed by atoms with Gasteiger partial charge in [0.05, 0.1) is 5.69 Å². The summed E-state index contributed by atoms with van der Waals surface area (Å²) in [5, 5.41) is 9.77. The van der Waals surface area contributed by atoms with Crippen LogP contribution >= 0.6 is 0 Å². The van der Waals surface area contributed by atoms with Crippen LogP contribution in [0.2, 0.25) is 0 Å². The number of aromatic nitrogens is 3. The van der Waals surface area contributed by atoms with E-state index in [-0.39, 0.29) is 23.1 Å². The monoisotopic (exact) mass is 483 g/mol. The lowest BCUT2D eigenvalue weighted by Gasteiger charge is -2.18. The van der Waals surface area contributed by atoms with Gasteiger partial charge in [-0.05, 0) is 53.8 Å². The number of ketones is 1. The summed E-state index contributed by atoms with van der Waals surface area (Å²) in [4.78, 5) is 23.6. The van der Waals surface area contributed by atoms with Gasteiger partial charge in [0.25, 0.3) is 0 Å². The third-order valence-corrected chi connectivity index (χ3v) is 5.10. The largest absolute Gasteiger partial charge is 0.451 e. The van der Waals surface area contributed by atoms with Crippen LogP contribution in [0.5, 0.6) is 0 Å². The summed E-state index contributed by atoms with van der Waals surface area (Å²) in [5.74, 6) is -2.51. The van der Waals surface area contributed by atoms with Crippen molar-refractivity contribution in [3.63, 3.8) is 0 Å². The number of hydrogen-bond donors (Lipinski definition) is 1. The van der Waals surface area contributed by atoms with Crippen LogP contribution in [0.15, 0.2) is 48.9 Å². The molecular weight excluding hydrogens is 464 g/mol. The molecule has 0 fully saturated rings. The van der Waals surface area contributed by atoms with Crippen molar-refractivity contribution in [3.8, 4) is 11.3 Å². The fraction of sp³-hybridized carbons (Fsp3) is 0.304. The number of nitrogens with zero attached hydrogens (tertiary/aromatic N) is 3. The van der Waals surface area contributed by atoms with Gasteiger partial charge in [-0.25, -0.2) is 9.97 Å². The third kappa shape index (κ3) is 5.96. The van der Waals surface area contributed by atoms with Crippen molar-refractivity contribution < 1.29 is 36.2 Å². The first-order chi connectivity index (χ1) is 15.8. The van der Waals surface area contributed by atoms with Crippen molar-refractivity contribution in [2.24, 2.45) is 0 Å². The molecule has 0 radical (unpaired) electrons. The molecule has 2 atom stereocenters. The maximum absolute atomic E-state index is 13.2. The number of aliphatic hydroxyl groups excluding tert-OH is 1. The van der Waals surface area contributed by atoms with Gasteiger partial charge in [0.15, 0.2) is 11.9 Å². The van der Waals surface area contributed by atoms with Gasteiger partial charge < -0.3 is 5.11 Å². The van der Waals surface area contributed by atoms with Crippen LogP contribution in [0.25, 0.3) is 11.3 Å². The lowest BCUT2D eigenvalue weighted by Crippen LogP contribution is -2.20. The molecule has 0 aliphatic heterocycles. The summed E-state index contributed by atoms with van der Waals surface area (Å²) in [6.07, 6.45) is -9.29. The highest BCUT2D eigenvalue weighted by atomic mass is 19.4. The topological polar surface area (TPSA) is 76.0 Å². The predicted molar refractivity (Wildman–Crippen MR) is 110 cm³/mol. The molecule has 3 rings (SSSR count). The number of aliphatic hydroxyl groups is 1. The first-order valence-electron chi connectivity index (χ1n) is 10.0. The lowest BCUT2D eigenvalue weighted by molar-refractivity contribution is -0.206.